The van der Waals surface area contributed by atoms with E-state index in [1.165, 1.54) is 23.3 Å². The minimum Gasteiger partial charge on any atom is -0.343 e. The van der Waals surface area contributed by atoms with Crippen molar-refractivity contribution in [1.29, 1.82) is 0 Å². The molecule has 3 aromatic rings. The minimum absolute atomic E-state index is 0.0617. The first-order valence-electron chi connectivity index (χ1n) is 14.3. The number of nitro benzene ring substituents is 1. The van der Waals surface area contributed by atoms with Crippen LogP contribution in [0.5, 0.6) is 0 Å². The highest BCUT2D eigenvalue weighted by Crippen LogP contribution is 2.38. The number of rotatable bonds is 8. The number of carbonyl (C=O) groups excluding carboxylic acids is 2. The second kappa shape index (κ2) is 11.6. The molecule has 1 unspecified atom stereocenters. The maximum Gasteiger partial charge on any atom is 0.269 e. The Balaban J connectivity index is 1.31. The van der Waals surface area contributed by atoms with E-state index in [1.54, 1.807) is 6.07 Å². The van der Waals surface area contributed by atoms with Gasteiger partial charge < -0.3 is 15.5 Å². The van der Waals surface area contributed by atoms with Crippen LogP contribution in [0.15, 0.2) is 65.7 Å². The summed E-state index contributed by atoms with van der Waals surface area (Å²) in [6, 6.07) is 18.6. The van der Waals surface area contributed by atoms with E-state index in [0.29, 0.717) is 23.4 Å². The standard InChI is InChI=1S/C32H33N5O4/c38-29-5-1-2-16-36(29)17-3-4-21-6-8-22(9-7-21)31(34-25-11-10-24-20-33-15-14-23(24)18-25)30-27-19-26(37(40)41)12-13-28(27)35-32(30)39/h6-13,18-19,30,33H,1-5,14-17,20H2,(H,35,39). The second-order valence-electron chi connectivity index (χ2n) is 11.0. The zero-order valence-corrected chi connectivity index (χ0v) is 22.9. The maximum absolute atomic E-state index is 13.3. The van der Waals surface area contributed by atoms with Crippen molar-refractivity contribution >= 4 is 34.6 Å². The Labute approximate surface area is 238 Å². The molecule has 9 nitrogen and oxygen atoms in total. The number of nitrogens with zero attached hydrogens (tertiary/aromatic N) is 3. The molecule has 2 amide bonds. The van der Waals surface area contributed by atoms with E-state index in [0.717, 1.165) is 75.1 Å². The number of piperidine rings is 1. The first-order chi connectivity index (χ1) is 20.0. The number of benzene rings is 3. The van der Waals surface area contributed by atoms with Crippen molar-refractivity contribution in [3.8, 4) is 0 Å². The Morgan fingerprint density at radius 1 is 1.00 bits per heavy atom. The number of nitrogens with one attached hydrogen (secondary N) is 2. The number of carbonyl (C=O) groups is 2. The third-order valence-electron chi connectivity index (χ3n) is 8.24. The molecule has 41 heavy (non-hydrogen) atoms. The predicted molar refractivity (Wildman–Crippen MR) is 158 cm³/mol. The lowest BCUT2D eigenvalue weighted by Crippen LogP contribution is -2.36. The number of non-ortho nitro benzene ring substituents is 1. The molecule has 6 rings (SSSR count). The number of hydrogen-bond donors (Lipinski definition) is 2. The number of aliphatic imine (C=N–C) groups is 1. The van der Waals surface area contributed by atoms with Crippen LogP contribution >= 0.6 is 0 Å². The van der Waals surface area contributed by atoms with Crippen molar-refractivity contribution in [2.24, 2.45) is 4.99 Å². The van der Waals surface area contributed by atoms with Crippen molar-refractivity contribution in [2.45, 2.75) is 51.0 Å². The molecule has 3 heterocycles. The molecule has 0 saturated carbocycles. The second-order valence-corrected chi connectivity index (χ2v) is 11.0. The van der Waals surface area contributed by atoms with Gasteiger partial charge in [-0.3, -0.25) is 24.7 Å². The van der Waals surface area contributed by atoms with Crippen LogP contribution in [0.4, 0.5) is 17.1 Å². The van der Waals surface area contributed by atoms with Crippen molar-refractivity contribution in [3.63, 3.8) is 0 Å². The summed E-state index contributed by atoms with van der Waals surface area (Å²) in [6.07, 6.45) is 5.35. The Morgan fingerprint density at radius 3 is 2.66 bits per heavy atom. The fourth-order valence-corrected chi connectivity index (χ4v) is 6.02. The van der Waals surface area contributed by atoms with Crippen LogP contribution in [-0.2, 0) is 29.0 Å². The number of likely N-dealkylation sites (tertiary alicyclic amines) is 1. The fourth-order valence-electron chi connectivity index (χ4n) is 6.02. The van der Waals surface area contributed by atoms with Crippen LogP contribution in [-0.4, -0.2) is 47.0 Å². The molecule has 0 spiro atoms. The van der Waals surface area contributed by atoms with Gasteiger partial charge in [0.15, 0.2) is 0 Å². The summed E-state index contributed by atoms with van der Waals surface area (Å²) in [5.41, 5.74) is 6.78. The summed E-state index contributed by atoms with van der Waals surface area (Å²) in [6.45, 7) is 3.34. The van der Waals surface area contributed by atoms with E-state index >= 15 is 0 Å². The van der Waals surface area contributed by atoms with Crippen LogP contribution < -0.4 is 10.6 Å². The highest BCUT2D eigenvalue weighted by atomic mass is 16.6. The van der Waals surface area contributed by atoms with Crippen LogP contribution in [0.25, 0.3) is 0 Å². The van der Waals surface area contributed by atoms with Gasteiger partial charge in [0, 0.05) is 49.4 Å². The largest absolute Gasteiger partial charge is 0.343 e. The molecule has 3 aromatic carbocycles. The summed E-state index contributed by atoms with van der Waals surface area (Å²) in [7, 11) is 0. The summed E-state index contributed by atoms with van der Waals surface area (Å²) in [5, 5.41) is 17.8. The molecule has 0 radical (unpaired) electrons. The van der Waals surface area contributed by atoms with Gasteiger partial charge in [0.05, 0.1) is 16.3 Å². The van der Waals surface area contributed by atoms with Crippen molar-refractivity contribution in [1.82, 2.24) is 10.2 Å². The van der Waals surface area contributed by atoms with E-state index in [1.807, 2.05) is 35.2 Å². The van der Waals surface area contributed by atoms with E-state index in [-0.39, 0.29) is 17.5 Å². The quantitative estimate of drug-likeness (QED) is 0.231. The fraction of sp³-hybridized carbons (Fsp3) is 0.344. The Morgan fingerprint density at radius 2 is 1.85 bits per heavy atom. The highest BCUT2D eigenvalue weighted by Gasteiger charge is 2.36. The molecule has 0 aliphatic carbocycles. The van der Waals surface area contributed by atoms with E-state index < -0.39 is 10.8 Å². The third-order valence-corrected chi connectivity index (χ3v) is 8.24. The molecular formula is C32H33N5O4. The molecule has 210 valence electrons. The lowest BCUT2D eigenvalue weighted by Gasteiger charge is -2.26. The highest BCUT2D eigenvalue weighted by molar-refractivity contribution is 6.24. The number of anilines is 1. The maximum atomic E-state index is 13.3. The van der Waals surface area contributed by atoms with Crippen LogP contribution in [0, 0.1) is 10.1 Å². The van der Waals surface area contributed by atoms with Crippen molar-refractivity contribution in [2.75, 3.05) is 25.0 Å². The van der Waals surface area contributed by atoms with Gasteiger partial charge in [-0.1, -0.05) is 30.3 Å². The molecule has 9 heteroatoms. The molecule has 0 bridgehead atoms. The molecule has 0 aromatic heterocycles. The van der Waals surface area contributed by atoms with Gasteiger partial charge >= 0.3 is 0 Å². The average Bonchev–Trinajstić information content (AvgIpc) is 3.32. The molecule has 1 saturated heterocycles. The molecule has 2 N–H and O–H groups in total. The lowest BCUT2D eigenvalue weighted by atomic mass is 9.89. The monoisotopic (exact) mass is 551 g/mol. The van der Waals surface area contributed by atoms with Gasteiger partial charge in [-0.15, -0.1) is 0 Å². The Bertz CT molecular complexity index is 1530. The average molecular weight is 552 g/mol. The normalized spacial score (nSPS) is 18.6. The zero-order valence-electron chi connectivity index (χ0n) is 22.9. The van der Waals surface area contributed by atoms with Gasteiger partial charge in [0.1, 0.15) is 5.92 Å². The number of hydrogen-bond acceptors (Lipinski definition) is 6. The number of aryl methyl sites for hydroxylation is 1. The van der Waals surface area contributed by atoms with Crippen molar-refractivity contribution in [3.05, 3.63) is 98.6 Å². The predicted octanol–water partition coefficient (Wildman–Crippen LogP) is 5.04. The van der Waals surface area contributed by atoms with Crippen LogP contribution in [0.3, 0.4) is 0 Å². The van der Waals surface area contributed by atoms with E-state index in [9.17, 15) is 19.7 Å². The molecule has 3 aliphatic heterocycles. The number of nitro groups is 1. The summed E-state index contributed by atoms with van der Waals surface area (Å²) in [5.74, 6) is -0.781. The number of amides is 2. The number of fused-ring (bicyclic) bond motifs is 2. The smallest absolute Gasteiger partial charge is 0.269 e. The van der Waals surface area contributed by atoms with E-state index in [2.05, 4.69) is 22.8 Å². The zero-order chi connectivity index (χ0) is 28.3. The minimum atomic E-state index is -0.779. The third kappa shape index (κ3) is 5.76. The van der Waals surface area contributed by atoms with Gasteiger partial charge in [-0.25, -0.2) is 0 Å². The van der Waals surface area contributed by atoms with Gasteiger partial charge in [-0.2, -0.15) is 0 Å². The first-order valence-corrected chi connectivity index (χ1v) is 14.3. The van der Waals surface area contributed by atoms with E-state index in [4.69, 9.17) is 4.99 Å². The molecule has 1 fully saturated rings. The summed E-state index contributed by atoms with van der Waals surface area (Å²) < 4.78 is 0. The molecular weight excluding hydrogens is 518 g/mol. The summed E-state index contributed by atoms with van der Waals surface area (Å²) in [4.78, 5) is 43.5. The first kappa shape index (κ1) is 26.8. The molecule has 3 aliphatic rings. The Kier molecular flexibility index (Phi) is 7.61. The lowest BCUT2D eigenvalue weighted by molar-refractivity contribution is -0.384. The van der Waals surface area contributed by atoms with Crippen molar-refractivity contribution < 1.29 is 14.5 Å². The summed E-state index contributed by atoms with van der Waals surface area (Å²) >= 11 is 0. The Hall–Kier alpha value is -4.37. The topological polar surface area (TPSA) is 117 Å². The van der Waals surface area contributed by atoms with Crippen LogP contribution in [0.2, 0.25) is 0 Å². The molecule has 1 atom stereocenters. The van der Waals surface area contributed by atoms with Crippen LogP contribution in [0.1, 0.15) is 59.4 Å². The van der Waals surface area contributed by atoms with Gasteiger partial charge in [0.2, 0.25) is 11.8 Å². The van der Waals surface area contributed by atoms with Gasteiger partial charge in [0.25, 0.3) is 5.69 Å². The SMILES string of the molecule is O=C1Nc2ccc([N+](=O)[O-])cc2C1C(=Nc1ccc2c(c1)CCNC2)c1ccc(CCCN2CCCCC2=O)cc1. The van der Waals surface area contributed by atoms with Gasteiger partial charge in [-0.05, 0) is 79.1 Å².